The first-order valence-corrected chi connectivity index (χ1v) is 10.1. The largest absolute Gasteiger partial charge is 0.507 e. The first kappa shape index (κ1) is 20.5. The van der Waals surface area contributed by atoms with Crippen molar-refractivity contribution in [2.75, 3.05) is 18.8 Å². The van der Waals surface area contributed by atoms with Gasteiger partial charge in [0.25, 0.3) is 5.91 Å². The number of carbonyl (C=O) groups is 1. The Balaban J connectivity index is 1.58. The van der Waals surface area contributed by atoms with E-state index < -0.39 is 5.91 Å². The molecule has 0 saturated carbocycles. The number of benzene rings is 1. The van der Waals surface area contributed by atoms with Crippen molar-refractivity contribution in [2.24, 2.45) is 5.10 Å². The highest BCUT2D eigenvalue weighted by atomic mass is 16.6. The van der Waals surface area contributed by atoms with E-state index in [0.29, 0.717) is 17.8 Å². The van der Waals surface area contributed by atoms with Crippen molar-refractivity contribution in [2.45, 2.75) is 32.2 Å². The lowest BCUT2D eigenvalue weighted by Crippen LogP contribution is -3.10. The molecule has 3 heterocycles. The maximum absolute atomic E-state index is 12.8. The monoisotopic (exact) mass is 426 g/mol. The average Bonchev–Trinajstić information content (AvgIpc) is 3.27. The number of hydrazone groups is 1. The summed E-state index contributed by atoms with van der Waals surface area (Å²) in [6, 6.07) is 6.67. The van der Waals surface area contributed by atoms with Gasteiger partial charge in [-0.15, -0.1) is 5.10 Å². The highest BCUT2D eigenvalue weighted by molar-refractivity contribution is 5.94. The maximum Gasteiger partial charge on any atom is 0.294 e. The number of para-hydroxylation sites is 1. The van der Waals surface area contributed by atoms with E-state index in [9.17, 15) is 9.90 Å². The second-order valence-corrected chi connectivity index (χ2v) is 7.37. The zero-order valence-corrected chi connectivity index (χ0v) is 16.9. The zero-order chi connectivity index (χ0) is 21.6. The predicted molar refractivity (Wildman–Crippen MR) is 110 cm³/mol. The minimum absolute atomic E-state index is 0.0570. The molecule has 0 spiro atoms. The summed E-state index contributed by atoms with van der Waals surface area (Å²) in [5, 5.41) is 29.2. The third-order valence-corrected chi connectivity index (χ3v) is 5.21. The number of likely N-dealkylation sites (tertiary alicyclic amines) is 1. The Bertz CT molecular complexity index is 1070. The van der Waals surface area contributed by atoms with Crippen LogP contribution in [0.15, 0.2) is 34.0 Å². The molecule has 0 unspecified atom stereocenters. The maximum atomic E-state index is 12.8. The quantitative estimate of drug-likeness (QED) is 0.307. The number of hydrogen-bond acceptors (Lipinski definition) is 9. The van der Waals surface area contributed by atoms with E-state index >= 15 is 0 Å². The van der Waals surface area contributed by atoms with Gasteiger partial charge in [0.1, 0.15) is 18.0 Å². The molecule has 5 N–H and O–H groups in total. The molecule has 1 aliphatic rings. The van der Waals surface area contributed by atoms with Crippen molar-refractivity contribution >= 4 is 17.9 Å². The number of phenolic OH excluding ortho intramolecular Hbond substituents is 1. The van der Waals surface area contributed by atoms with E-state index in [0.717, 1.165) is 25.9 Å². The molecule has 1 aliphatic heterocycles. The number of aromatic hydroxyl groups is 1. The molecule has 0 radical (unpaired) electrons. The summed E-state index contributed by atoms with van der Waals surface area (Å²) in [6.45, 7) is 2.50. The Labute approximate surface area is 177 Å². The number of nitrogen functional groups attached to an aromatic ring is 1. The molecule has 31 heavy (non-hydrogen) atoms. The van der Waals surface area contributed by atoms with Crippen molar-refractivity contribution in [3.05, 3.63) is 41.2 Å². The molecule has 0 aliphatic carbocycles. The van der Waals surface area contributed by atoms with Crippen LogP contribution in [0.5, 0.6) is 5.75 Å². The van der Waals surface area contributed by atoms with Crippen LogP contribution in [0.2, 0.25) is 0 Å². The molecule has 2 aromatic heterocycles. The first-order chi connectivity index (χ1) is 15.1. The van der Waals surface area contributed by atoms with Gasteiger partial charge in [-0.3, -0.25) is 4.79 Å². The van der Waals surface area contributed by atoms with Crippen LogP contribution in [0.3, 0.4) is 0 Å². The van der Waals surface area contributed by atoms with Gasteiger partial charge in [0, 0.05) is 5.56 Å². The number of aromatic nitrogens is 5. The number of anilines is 1. The summed E-state index contributed by atoms with van der Waals surface area (Å²) in [7, 11) is 0. The smallest absolute Gasteiger partial charge is 0.294 e. The van der Waals surface area contributed by atoms with Gasteiger partial charge in [-0.05, 0) is 48.1 Å². The Kier molecular flexibility index (Phi) is 6.17. The number of quaternary nitrogens is 1. The highest BCUT2D eigenvalue weighted by Gasteiger charge is 2.27. The summed E-state index contributed by atoms with van der Waals surface area (Å²) < 4.78 is 6.09. The molecular weight excluding hydrogens is 402 g/mol. The lowest BCUT2D eigenvalue weighted by Gasteiger charge is -2.17. The minimum atomic E-state index is -0.530. The van der Waals surface area contributed by atoms with Crippen LogP contribution in [0.25, 0.3) is 5.82 Å². The van der Waals surface area contributed by atoms with Crippen LogP contribution in [0.1, 0.15) is 47.4 Å². The summed E-state index contributed by atoms with van der Waals surface area (Å²) in [5.41, 5.74) is 9.42. The average molecular weight is 426 g/mol. The molecule has 12 nitrogen and oxygen atoms in total. The molecule has 1 fully saturated rings. The Morgan fingerprint density at radius 2 is 2.03 bits per heavy atom. The van der Waals surface area contributed by atoms with Crippen LogP contribution in [-0.4, -0.2) is 55.6 Å². The van der Waals surface area contributed by atoms with Crippen LogP contribution in [0, 0.1) is 0 Å². The number of nitrogens with zero attached hydrogens (tertiary/aromatic N) is 6. The number of phenols is 1. The van der Waals surface area contributed by atoms with Gasteiger partial charge in [0.2, 0.25) is 11.6 Å². The molecule has 0 bridgehead atoms. The van der Waals surface area contributed by atoms with Crippen molar-refractivity contribution in [3.8, 4) is 11.6 Å². The fraction of sp³-hybridized carbons (Fsp3) is 0.368. The molecule has 1 amide bonds. The van der Waals surface area contributed by atoms with Crippen LogP contribution in [-0.2, 0) is 6.54 Å². The van der Waals surface area contributed by atoms with Crippen molar-refractivity contribution in [1.29, 1.82) is 0 Å². The fourth-order valence-corrected chi connectivity index (χ4v) is 3.60. The van der Waals surface area contributed by atoms with Crippen molar-refractivity contribution in [3.63, 3.8) is 0 Å². The topological polar surface area (TPSA) is 162 Å². The minimum Gasteiger partial charge on any atom is -0.507 e. The van der Waals surface area contributed by atoms with Crippen LogP contribution < -0.4 is 16.1 Å². The third-order valence-electron chi connectivity index (χ3n) is 5.21. The first-order valence-electron chi connectivity index (χ1n) is 10.1. The molecule has 4 rings (SSSR count). The molecule has 3 aromatic rings. The Morgan fingerprint density at radius 1 is 1.26 bits per heavy atom. The molecule has 12 heteroatoms. The number of amides is 1. The Morgan fingerprint density at radius 3 is 2.74 bits per heavy atom. The number of carbonyl (C=O) groups excluding carboxylic acids is 1. The summed E-state index contributed by atoms with van der Waals surface area (Å²) >= 11 is 0. The molecule has 1 aromatic carbocycles. The van der Waals surface area contributed by atoms with Gasteiger partial charge >= 0.3 is 0 Å². The normalized spacial score (nSPS) is 15.2. The summed E-state index contributed by atoms with van der Waals surface area (Å²) in [5.74, 6) is -0.224. The predicted octanol–water partition coefficient (Wildman–Crippen LogP) is -0.339. The van der Waals surface area contributed by atoms with Gasteiger partial charge < -0.3 is 15.7 Å². The summed E-state index contributed by atoms with van der Waals surface area (Å²) in [4.78, 5) is 14.1. The van der Waals surface area contributed by atoms with E-state index in [2.05, 4.69) is 31.2 Å². The van der Waals surface area contributed by atoms with E-state index in [4.69, 9.17) is 10.4 Å². The van der Waals surface area contributed by atoms with Gasteiger partial charge in [-0.25, -0.2) is 10.1 Å². The Hall–Kier alpha value is -3.80. The lowest BCUT2D eigenvalue weighted by atomic mass is 10.2. The molecule has 162 valence electrons. The second-order valence-electron chi connectivity index (χ2n) is 7.37. The number of hydrogen-bond donors (Lipinski definition) is 4. The second kappa shape index (κ2) is 9.34. The van der Waals surface area contributed by atoms with E-state index in [1.807, 2.05) is 0 Å². The van der Waals surface area contributed by atoms with Crippen LogP contribution >= 0.6 is 0 Å². The van der Waals surface area contributed by atoms with E-state index in [1.54, 1.807) is 18.2 Å². The molecule has 1 saturated heterocycles. The standard InChI is InChI=1S/C19H23N9O3/c20-17-18(25-31-24-17)28-14(12-27-9-5-1-2-6-10-27)16(22-26-28)19(30)23-21-11-13-7-3-4-8-15(13)29/h3-4,7-8,11,29H,1-2,5-6,9-10,12H2,(H2,20,24)(H,23,30)/p+1/b21-11+. The van der Waals surface area contributed by atoms with Gasteiger partial charge in [0.05, 0.1) is 19.3 Å². The number of nitrogens with two attached hydrogens (primary N) is 1. The van der Waals surface area contributed by atoms with Crippen LogP contribution in [0.4, 0.5) is 5.82 Å². The highest BCUT2D eigenvalue weighted by Crippen LogP contribution is 2.16. The van der Waals surface area contributed by atoms with Gasteiger partial charge in [-0.2, -0.15) is 9.78 Å². The van der Waals surface area contributed by atoms with E-state index in [1.165, 1.54) is 34.7 Å². The number of nitrogens with one attached hydrogen (secondary N) is 2. The molecule has 0 atom stereocenters. The number of rotatable bonds is 6. The van der Waals surface area contributed by atoms with Gasteiger partial charge in [-0.1, -0.05) is 17.3 Å². The van der Waals surface area contributed by atoms with Crippen molar-refractivity contribution in [1.82, 2.24) is 30.7 Å². The lowest BCUT2D eigenvalue weighted by molar-refractivity contribution is -0.913. The van der Waals surface area contributed by atoms with Gasteiger partial charge in [0.15, 0.2) is 5.69 Å². The van der Waals surface area contributed by atoms with E-state index in [-0.39, 0.29) is 23.1 Å². The van der Waals surface area contributed by atoms with Crippen molar-refractivity contribution < 1.29 is 19.4 Å². The zero-order valence-electron chi connectivity index (χ0n) is 16.9. The fourth-order valence-electron chi connectivity index (χ4n) is 3.60. The molecular formula is C19H24N9O3+. The summed E-state index contributed by atoms with van der Waals surface area (Å²) in [6.07, 6.45) is 6.01. The SMILES string of the molecule is Nc1nonc1-n1nnc(C(=O)N/N=C/c2ccccc2O)c1C[NH+]1CCCCCC1. The third kappa shape index (κ3) is 4.69.